The second kappa shape index (κ2) is 6.17. The molecule has 1 aromatic carbocycles. The number of aliphatic imine (C=N–C) groups is 1. The lowest BCUT2D eigenvalue weighted by Crippen LogP contribution is -1.92. The van der Waals surface area contributed by atoms with Gasteiger partial charge in [0.05, 0.1) is 11.2 Å². The molecule has 3 aromatic heterocycles. The number of imidazole rings is 1. The van der Waals surface area contributed by atoms with Crippen LogP contribution in [0.25, 0.3) is 17.1 Å². The molecule has 128 valence electrons. The number of nitrogens with zero attached hydrogens (tertiary/aromatic N) is 4. The van der Waals surface area contributed by atoms with E-state index in [1.807, 2.05) is 18.2 Å². The second-order valence-corrected chi connectivity index (χ2v) is 5.42. The SMILES string of the molecule is O=[N+]([O-])c1cccc(/C=N/c2c(-c3ccco3)nc3ccccn23)c1O. The molecule has 0 saturated heterocycles. The summed E-state index contributed by atoms with van der Waals surface area (Å²) < 4.78 is 7.19. The monoisotopic (exact) mass is 348 g/mol. The van der Waals surface area contributed by atoms with Crippen molar-refractivity contribution >= 4 is 23.4 Å². The minimum atomic E-state index is -0.644. The van der Waals surface area contributed by atoms with E-state index in [2.05, 4.69) is 9.98 Å². The number of fused-ring (bicyclic) bond motifs is 1. The number of aromatic hydroxyl groups is 1. The zero-order valence-corrected chi connectivity index (χ0v) is 13.3. The maximum absolute atomic E-state index is 11.0. The van der Waals surface area contributed by atoms with Crippen LogP contribution in [0.15, 0.2) is 70.4 Å². The fourth-order valence-electron chi connectivity index (χ4n) is 2.62. The average molecular weight is 348 g/mol. The largest absolute Gasteiger partial charge is 0.502 e. The number of pyridine rings is 1. The van der Waals surface area contributed by atoms with Crippen LogP contribution < -0.4 is 0 Å². The Labute approximate surface area is 146 Å². The number of para-hydroxylation sites is 1. The summed E-state index contributed by atoms with van der Waals surface area (Å²) in [4.78, 5) is 19.3. The molecule has 0 aliphatic rings. The van der Waals surface area contributed by atoms with Gasteiger partial charge in [0.25, 0.3) is 0 Å². The van der Waals surface area contributed by atoms with E-state index in [1.54, 1.807) is 35.1 Å². The van der Waals surface area contributed by atoms with Crippen LogP contribution in [-0.2, 0) is 0 Å². The number of phenols is 1. The first kappa shape index (κ1) is 15.6. The normalized spacial score (nSPS) is 11.4. The second-order valence-electron chi connectivity index (χ2n) is 5.42. The number of phenolic OH excluding ortho intramolecular Hbond substituents is 1. The van der Waals surface area contributed by atoms with Gasteiger partial charge in [0.2, 0.25) is 5.75 Å². The van der Waals surface area contributed by atoms with Crippen molar-refractivity contribution in [2.45, 2.75) is 0 Å². The van der Waals surface area contributed by atoms with Gasteiger partial charge in [-0.05, 0) is 30.3 Å². The van der Waals surface area contributed by atoms with Gasteiger partial charge >= 0.3 is 5.69 Å². The zero-order chi connectivity index (χ0) is 18.1. The number of rotatable bonds is 4. The van der Waals surface area contributed by atoms with E-state index in [0.717, 1.165) is 0 Å². The molecule has 4 rings (SSSR count). The number of hydrogen-bond donors (Lipinski definition) is 1. The Morgan fingerprint density at radius 2 is 2.08 bits per heavy atom. The Morgan fingerprint density at radius 3 is 2.85 bits per heavy atom. The quantitative estimate of drug-likeness (QED) is 0.341. The number of furan rings is 1. The molecule has 0 aliphatic heterocycles. The third-order valence-electron chi connectivity index (χ3n) is 3.83. The molecule has 8 nitrogen and oxygen atoms in total. The van der Waals surface area contributed by atoms with E-state index in [4.69, 9.17) is 4.42 Å². The molecule has 0 unspecified atom stereocenters. The molecule has 8 heteroatoms. The van der Waals surface area contributed by atoms with Crippen LogP contribution in [0.1, 0.15) is 5.56 Å². The molecule has 1 N–H and O–H groups in total. The Kier molecular flexibility index (Phi) is 3.70. The number of nitro benzene ring substituents is 1. The highest BCUT2D eigenvalue weighted by molar-refractivity contribution is 5.88. The summed E-state index contributed by atoms with van der Waals surface area (Å²) in [5, 5.41) is 21.0. The first-order valence-corrected chi connectivity index (χ1v) is 7.66. The van der Waals surface area contributed by atoms with E-state index in [-0.39, 0.29) is 11.3 Å². The third kappa shape index (κ3) is 2.59. The van der Waals surface area contributed by atoms with Gasteiger partial charge in [-0.2, -0.15) is 0 Å². The third-order valence-corrected chi connectivity index (χ3v) is 3.83. The minimum Gasteiger partial charge on any atom is -0.502 e. The van der Waals surface area contributed by atoms with E-state index in [1.165, 1.54) is 18.3 Å². The van der Waals surface area contributed by atoms with Crippen LogP contribution in [0, 0.1) is 10.1 Å². The van der Waals surface area contributed by atoms with E-state index in [0.29, 0.717) is 22.9 Å². The van der Waals surface area contributed by atoms with Crippen molar-refractivity contribution in [1.29, 1.82) is 0 Å². The van der Waals surface area contributed by atoms with Gasteiger partial charge in [-0.1, -0.05) is 12.1 Å². The fourth-order valence-corrected chi connectivity index (χ4v) is 2.62. The smallest absolute Gasteiger partial charge is 0.311 e. The number of hydrogen-bond acceptors (Lipinski definition) is 6. The summed E-state index contributed by atoms with van der Waals surface area (Å²) in [7, 11) is 0. The molecular formula is C18H12N4O4. The Morgan fingerprint density at radius 1 is 1.19 bits per heavy atom. The predicted octanol–water partition coefficient (Wildman–Crippen LogP) is 3.96. The maximum atomic E-state index is 11.0. The summed E-state index contributed by atoms with van der Waals surface area (Å²) in [5.41, 5.74) is 1.06. The van der Waals surface area contributed by atoms with Gasteiger partial charge in [-0.15, -0.1) is 0 Å². The molecule has 0 radical (unpaired) electrons. The van der Waals surface area contributed by atoms with Crippen LogP contribution in [0.3, 0.4) is 0 Å². The summed E-state index contributed by atoms with van der Waals surface area (Å²) in [6, 6.07) is 13.3. The van der Waals surface area contributed by atoms with Crippen molar-refractivity contribution in [3.05, 3.63) is 76.7 Å². The Hall–Kier alpha value is -3.94. The molecule has 0 saturated carbocycles. The molecule has 0 amide bonds. The van der Waals surface area contributed by atoms with Gasteiger partial charge in [-0.3, -0.25) is 14.5 Å². The Bertz CT molecular complexity index is 1130. The van der Waals surface area contributed by atoms with Crippen molar-refractivity contribution in [1.82, 2.24) is 9.38 Å². The number of aromatic nitrogens is 2. The lowest BCUT2D eigenvalue weighted by molar-refractivity contribution is -0.385. The summed E-state index contributed by atoms with van der Waals surface area (Å²) in [6.07, 6.45) is 4.71. The maximum Gasteiger partial charge on any atom is 0.311 e. The van der Waals surface area contributed by atoms with Gasteiger partial charge < -0.3 is 9.52 Å². The first-order chi connectivity index (χ1) is 12.6. The van der Waals surface area contributed by atoms with Crippen molar-refractivity contribution in [3.63, 3.8) is 0 Å². The molecule has 4 aromatic rings. The van der Waals surface area contributed by atoms with E-state index < -0.39 is 10.7 Å². The summed E-state index contributed by atoms with van der Waals surface area (Å²) in [6.45, 7) is 0. The molecule has 0 atom stereocenters. The van der Waals surface area contributed by atoms with Gasteiger partial charge in [0.1, 0.15) is 5.65 Å². The standard InChI is InChI=1S/C18H12N4O4/c23-17-12(5-3-6-13(17)22(24)25)11-19-18-16(14-7-4-10-26-14)20-15-8-1-2-9-21(15)18/h1-11,23H/b19-11+. The molecular weight excluding hydrogens is 336 g/mol. The molecule has 0 bridgehead atoms. The van der Waals surface area contributed by atoms with Crippen LogP contribution in [0.4, 0.5) is 11.5 Å². The van der Waals surface area contributed by atoms with Gasteiger partial charge in [0, 0.05) is 24.0 Å². The molecule has 3 heterocycles. The average Bonchev–Trinajstić information content (AvgIpc) is 3.28. The van der Waals surface area contributed by atoms with Crippen LogP contribution in [-0.4, -0.2) is 25.6 Å². The van der Waals surface area contributed by atoms with Gasteiger partial charge in [-0.25, -0.2) is 9.98 Å². The van der Waals surface area contributed by atoms with E-state index >= 15 is 0 Å². The van der Waals surface area contributed by atoms with Crippen LogP contribution >= 0.6 is 0 Å². The number of nitro groups is 1. The lowest BCUT2D eigenvalue weighted by atomic mass is 10.2. The highest BCUT2D eigenvalue weighted by Gasteiger charge is 2.17. The minimum absolute atomic E-state index is 0.232. The summed E-state index contributed by atoms with van der Waals surface area (Å²) >= 11 is 0. The zero-order valence-electron chi connectivity index (χ0n) is 13.3. The van der Waals surface area contributed by atoms with Crippen molar-refractivity contribution in [3.8, 4) is 17.2 Å². The predicted molar refractivity (Wildman–Crippen MR) is 94.9 cm³/mol. The highest BCUT2D eigenvalue weighted by atomic mass is 16.6. The molecule has 0 aliphatic carbocycles. The van der Waals surface area contributed by atoms with Crippen molar-refractivity contribution in [2.24, 2.45) is 4.99 Å². The van der Waals surface area contributed by atoms with Gasteiger partial charge in [0.15, 0.2) is 17.3 Å². The molecule has 0 fully saturated rings. The highest BCUT2D eigenvalue weighted by Crippen LogP contribution is 2.32. The van der Waals surface area contributed by atoms with Crippen molar-refractivity contribution in [2.75, 3.05) is 0 Å². The molecule has 0 spiro atoms. The Balaban J connectivity index is 1.85. The lowest BCUT2D eigenvalue weighted by Gasteiger charge is -2.00. The molecule has 26 heavy (non-hydrogen) atoms. The topological polar surface area (TPSA) is 106 Å². The van der Waals surface area contributed by atoms with Crippen LogP contribution in [0.5, 0.6) is 5.75 Å². The fraction of sp³-hybridized carbons (Fsp3) is 0. The van der Waals surface area contributed by atoms with E-state index in [9.17, 15) is 15.2 Å². The van der Waals surface area contributed by atoms with Crippen molar-refractivity contribution < 1.29 is 14.4 Å². The van der Waals surface area contributed by atoms with Crippen LogP contribution in [0.2, 0.25) is 0 Å². The summed E-state index contributed by atoms with van der Waals surface area (Å²) in [5.74, 6) is 0.597. The first-order valence-electron chi connectivity index (χ1n) is 7.66. The number of benzene rings is 1.